The van der Waals surface area contributed by atoms with Crippen LogP contribution in [0.3, 0.4) is 0 Å². The Morgan fingerprint density at radius 2 is 2.00 bits per heavy atom. The zero-order valence-corrected chi connectivity index (χ0v) is 16.0. The molecule has 1 heterocycles. The molecule has 0 aliphatic heterocycles. The fraction of sp³-hybridized carbons (Fsp3) is 0.200. The number of rotatable bonds is 3. The largest absolute Gasteiger partial charge is 0.262 e. The Bertz CT molecular complexity index is 1100. The number of nitrogens with zero attached hydrogens (tertiary/aromatic N) is 2. The predicted octanol–water partition coefficient (Wildman–Crippen LogP) is 5.37. The van der Waals surface area contributed by atoms with Crippen LogP contribution in [0, 0.1) is 0 Å². The minimum atomic E-state index is -0.497. The van der Waals surface area contributed by atoms with Crippen LogP contribution >= 0.6 is 0 Å². The Balaban J connectivity index is 1.87. The molecule has 2 aliphatic rings. The van der Waals surface area contributed by atoms with Crippen molar-refractivity contribution < 1.29 is 0 Å². The number of aromatic nitrogens is 3. The normalized spacial score (nSPS) is 20.6. The van der Waals surface area contributed by atoms with Crippen LogP contribution < -0.4 is 0 Å². The van der Waals surface area contributed by atoms with Crippen molar-refractivity contribution in [3.8, 4) is 0 Å². The van der Waals surface area contributed by atoms with Gasteiger partial charge in [0.1, 0.15) is 12.2 Å². The molecule has 1 atom stereocenters. The van der Waals surface area contributed by atoms with E-state index in [1.54, 1.807) is 6.33 Å². The molecule has 3 heteroatoms. The van der Waals surface area contributed by atoms with E-state index >= 15 is 0 Å². The van der Waals surface area contributed by atoms with Crippen LogP contribution in [0.5, 0.6) is 0 Å². The van der Waals surface area contributed by atoms with Crippen LogP contribution in [-0.2, 0) is 11.8 Å². The fourth-order valence-electron chi connectivity index (χ4n) is 4.55. The SMILES string of the molecule is CCc1cccc(C2(c3ncn[nH]3)C=CC3=C(CCC=C3)c3ccccc32)c1. The lowest BCUT2D eigenvalue weighted by molar-refractivity contribution is 0.707. The summed E-state index contributed by atoms with van der Waals surface area (Å²) in [6.07, 6.45) is 13.9. The first-order valence-corrected chi connectivity index (χ1v) is 9.97. The highest BCUT2D eigenvalue weighted by Crippen LogP contribution is 2.46. The highest BCUT2D eigenvalue weighted by molar-refractivity contribution is 5.80. The third kappa shape index (κ3) is 2.50. The maximum absolute atomic E-state index is 4.65. The Kier molecular flexibility index (Phi) is 4.09. The number of allylic oxidation sites excluding steroid dienone is 6. The molecular formula is C25H23N3. The van der Waals surface area contributed by atoms with Crippen molar-refractivity contribution in [1.29, 1.82) is 0 Å². The van der Waals surface area contributed by atoms with Gasteiger partial charge in [-0.1, -0.05) is 79.8 Å². The number of aryl methyl sites for hydroxylation is 1. The molecule has 2 aromatic carbocycles. The number of hydrogen-bond acceptors (Lipinski definition) is 2. The molecule has 0 fully saturated rings. The van der Waals surface area contributed by atoms with Gasteiger partial charge in [-0.2, -0.15) is 5.10 Å². The molecule has 3 aromatic rings. The lowest BCUT2D eigenvalue weighted by atomic mass is 9.71. The van der Waals surface area contributed by atoms with E-state index in [9.17, 15) is 0 Å². The van der Waals surface area contributed by atoms with E-state index in [1.807, 2.05) is 0 Å². The summed E-state index contributed by atoms with van der Waals surface area (Å²) in [6.45, 7) is 2.20. The molecule has 1 N–H and O–H groups in total. The second-order valence-electron chi connectivity index (χ2n) is 7.45. The topological polar surface area (TPSA) is 41.6 Å². The quantitative estimate of drug-likeness (QED) is 0.677. The maximum atomic E-state index is 4.65. The van der Waals surface area contributed by atoms with Gasteiger partial charge in [0, 0.05) is 0 Å². The van der Waals surface area contributed by atoms with Crippen molar-refractivity contribution in [3.63, 3.8) is 0 Å². The highest BCUT2D eigenvalue weighted by atomic mass is 15.2. The van der Waals surface area contributed by atoms with E-state index in [2.05, 4.69) is 94.9 Å². The van der Waals surface area contributed by atoms with Gasteiger partial charge in [0.25, 0.3) is 0 Å². The zero-order chi connectivity index (χ0) is 19.0. The van der Waals surface area contributed by atoms with E-state index in [4.69, 9.17) is 0 Å². The first kappa shape index (κ1) is 16.9. The first-order valence-electron chi connectivity index (χ1n) is 9.97. The number of H-pyrrole nitrogens is 1. The molecule has 138 valence electrons. The maximum Gasteiger partial charge on any atom is 0.143 e. The summed E-state index contributed by atoms with van der Waals surface area (Å²) >= 11 is 0. The van der Waals surface area contributed by atoms with Crippen LogP contribution in [0.15, 0.2) is 84.7 Å². The first-order chi connectivity index (χ1) is 13.8. The van der Waals surface area contributed by atoms with E-state index in [-0.39, 0.29) is 0 Å². The predicted molar refractivity (Wildman–Crippen MR) is 113 cm³/mol. The molecule has 5 rings (SSSR count). The van der Waals surface area contributed by atoms with Crippen molar-refractivity contribution in [3.05, 3.63) is 113 Å². The third-order valence-corrected chi connectivity index (χ3v) is 5.98. The summed E-state index contributed by atoms with van der Waals surface area (Å²) in [5.74, 6) is 0.855. The van der Waals surface area contributed by atoms with E-state index in [1.165, 1.54) is 33.4 Å². The Morgan fingerprint density at radius 3 is 2.86 bits per heavy atom. The molecule has 0 spiro atoms. The van der Waals surface area contributed by atoms with Crippen molar-refractivity contribution >= 4 is 5.57 Å². The summed E-state index contributed by atoms with van der Waals surface area (Å²) in [5.41, 5.74) is 7.33. The minimum Gasteiger partial charge on any atom is -0.262 e. The second kappa shape index (κ2) is 6.75. The molecule has 0 saturated carbocycles. The van der Waals surface area contributed by atoms with Crippen molar-refractivity contribution in [2.75, 3.05) is 0 Å². The molecule has 2 aliphatic carbocycles. The van der Waals surface area contributed by atoms with Crippen LogP contribution in [0.2, 0.25) is 0 Å². The lowest BCUT2D eigenvalue weighted by Gasteiger charge is -2.31. The third-order valence-electron chi connectivity index (χ3n) is 5.98. The molecule has 0 saturated heterocycles. The van der Waals surface area contributed by atoms with Gasteiger partial charge in [0.05, 0.1) is 5.41 Å². The van der Waals surface area contributed by atoms with Gasteiger partial charge in [-0.05, 0) is 52.7 Å². The average Bonchev–Trinajstić information content (AvgIpc) is 3.26. The summed E-state index contributed by atoms with van der Waals surface area (Å²) < 4.78 is 0. The van der Waals surface area contributed by atoms with Gasteiger partial charge >= 0.3 is 0 Å². The number of hydrogen-bond donors (Lipinski definition) is 1. The van der Waals surface area contributed by atoms with Crippen LogP contribution in [0.4, 0.5) is 0 Å². The van der Waals surface area contributed by atoms with Crippen LogP contribution in [0.25, 0.3) is 5.57 Å². The number of benzene rings is 2. The fourth-order valence-corrected chi connectivity index (χ4v) is 4.55. The Morgan fingerprint density at radius 1 is 1.07 bits per heavy atom. The standard InChI is InChI=1S/C25H23N3/c1-2-18-8-7-10-20(16-18)25(24-26-17-27-28-24)15-14-19-9-3-4-11-21(19)22-12-5-6-13-23(22)25/h3,5-10,12-17H,2,4,11H2,1H3,(H,26,27,28). The van der Waals surface area contributed by atoms with E-state index < -0.39 is 5.41 Å². The monoisotopic (exact) mass is 365 g/mol. The lowest BCUT2D eigenvalue weighted by Crippen LogP contribution is -2.29. The Hall–Kier alpha value is -3.20. The summed E-state index contributed by atoms with van der Waals surface area (Å²) in [4.78, 5) is 4.65. The molecule has 0 radical (unpaired) electrons. The van der Waals surface area contributed by atoms with Crippen LogP contribution in [0.1, 0.15) is 47.8 Å². The van der Waals surface area contributed by atoms with Gasteiger partial charge in [-0.3, -0.25) is 5.10 Å². The number of aromatic amines is 1. The van der Waals surface area contributed by atoms with Gasteiger partial charge in [-0.15, -0.1) is 0 Å². The zero-order valence-electron chi connectivity index (χ0n) is 16.0. The number of fused-ring (bicyclic) bond motifs is 2. The van der Waals surface area contributed by atoms with Crippen molar-refractivity contribution in [2.24, 2.45) is 0 Å². The van der Waals surface area contributed by atoms with Crippen LogP contribution in [-0.4, -0.2) is 15.2 Å². The minimum absolute atomic E-state index is 0.497. The Labute approximate surface area is 165 Å². The van der Waals surface area contributed by atoms with E-state index in [0.29, 0.717) is 0 Å². The van der Waals surface area contributed by atoms with Gasteiger partial charge < -0.3 is 0 Å². The highest BCUT2D eigenvalue weighted by Gasteiger charge is 2.40. The van der Waals surface area contributed by atoms with Crippen molar-refractivity contribution in [1.82, 2.24) is 15.2 Å². The smallest absolute Gasteiger partial charge is 0.143 e. The molecule has 0 amide bonds. The van der Waals surface area contributed by atoms with E-state index in [0.717, 1.165) is 25.1 Å². The second-order valence-corrected chi connectivity index (χ2v) is 7.45. The number of nitrogens with one attached hydrogen (secondary N) is 1. The van der Waals surface area contributed by atoms with Crippen molar-refractivity contribution in [2.45, 2.75) is 31.6 Å². The molecular weight excluding hydrogens is 342 g/mol. The van der Waals surface area contributed by atoms with Gasteiger partial charge in [-0.25, -0.2) is 4.98 Å². The van der Waals surface area contributed by atoms with Gasteiger partial charge in [0.15, 0.2) is 0 Å². The average molecular weight is 365 g/mol. The molecule has 1 aromatic heterocycles. The molecule has 28 heavy (non-hydrogen) atoms. The molecule has 3 nitrogen and oxygen atoms in total. The van der Waals surface area contributed by atoms with Gasteiger partial charge in [0.2, 0.25) is 0 Å². The molecule has 0 bridgehead atoms. The summed E-state index contributed by atoms with van der Waals surface area (Å²) in [7, 11) is 0. The summed E-state index contributed by atoms with van der Waals surface area (Å²) in [6, 6.07) is 17.6. The molecule has 1 unspecified atom stereocenters. The summed E-state index contributed by atoms with van der Waals surface area (Å²) in [5, 5.41) is 7.39.